The van der Waals surface area contributed by atoms with E-state index < -0.39 is 67.7 Å². The maximum atomic E-state index is 14.7. The van der Waals surface area contributed by atoms with Gasteiger partial charge in [0.2, 0.25) is 5.67 Å². The van der Waals surface area contributed by atoms with Crippen LogP contribution in [0.4, 0.5) is 9.18 Å². The number of imide groups is 1. The Labute approximate surface area is 129 Å². The van der Waals surface area contributed by atoms with Gasteiger partial charge in [-0.1, -0.05) is 0 Å². The topological polar surface area (TPSA) is 146 Å². The van der Waals surface area contributed by atoms with E-state index in [-0.39, 0.29) is 0 Å². The van der Waals surface area contributed by atoms with Gasteiger partial charge in [0.25, 0.3) is 5.91 Å². The summed E-state index contributed by atoms with van der Waals surface area (Å²) in [5.41, 5.74) is -2.77. The fourth-order valence-corrected chi connectivity index (χ4v) is 2.47. The lowest BCUT2D eigenvalue weighted by Gasteiger charge is -2.39. The quantitative estimate of drug-likeness (QED) is 0.404. The number of aliphatic hydroxyl groups is 3. The Bertz CT molecular complexity index is 517. The molecule has 0 aromatic rings. The summed E-state index contributed by atoms with van der Waals surface area (Å²) >= 11 is 0. The minimum atomic E-state index is -2.77. The first-order valence-electron chi connectivity index (χ1n) is 6.73. The number of nitrogens with zero attached hydrogens (tertiary/aromatic N) is 1. The van der Waals surface area contributed by atoms with Gasteiger partial charge in [0.1, 0.15) is 18.3 Å². The molecule has 2 aliphatic heterocycles. The van der Waals surface area contributed by atoms with Crippen LogP contribution < -0.4 is 5.32 Å². The van der Waals surface area contributed by atoms with Crippen LogP contribution in [-0.2, 0) is 19.1 Å². The number of alkyl halides is 1. The number of halogens is 1. The van der Waals surface area contributed by atoms with E-state index in [1.807, 2.05) is 0 Å². The summed E-state index contributed by atoms with van der Waals surface area (Å²) < 4.78 is 24.2. The van der Waals surface area contributed by atoms with Gasteiger partial charge >= 0.3 is 12.0 Å². The lowest BCUT2D eigenvalue weighted by atomic mass is 9.97. The standard InChI is InChI=1S/C12H17FN2O8/c1-22-6(17)2-12(13)4-15(11(21)14-10(12)20)9-8(19)7(18)5(3-16)23-9/h5,7-9,16,18-19H,2-4H2,1H3,(H,14,20,21)/t5-,7-,8-,9-,12?/m1/s1. The minimum absolute atomic E-state index is 0.633. The number of rotatable bonds is 4. The van der Waals surface area contributed by atoms with Crippen molar-refractivity contribution >= 4 is 17.9 Å². The van der Waals surface area contributed by atoms with Gasteiger partial charge in [-0.05, 0) is 0 Å². The number of esters is 1. The highest BCUT2D eigenvalue weighted by molar-refractivity contribution is 6.03. The highest BCUT2D eigenvalue weighted by Gasteiger charge is 2.54. The lowest BCUT2D eigenvalue weighted by Crippen LogP contribution is -2.66. The fourth-order valence-electron chi connectivity index (χ4n) is 2.47. The number of carbonyl (C=O) groups is 3. The first kappa shape index (κ1) is 17.5. The number of ether oxygens (including phenoxy) is 2. The average Bonchev–Trinajstić information content (AvgIpc) is 2.79. The van der Waals surface area contributed by atoms with Gasteiger partial charge in [-0.2, -0.15) is 0 Å². The Kier molecular flexibility index (Phi) is 4.84. The molecule has 2 saturated heterocycles. The largest absolute Gasteiger partial charge is 0.469 e. The van der Waals surface area contributed by atoms with E-state index in [1.54, 1.807) is 5.32 Å². The molecule has 2 heterocycles. The number of urea groups is 1. The molecule has 2 fully saturated rings. The summed E-state index contributed by atoms with van der Waals surface area (Å²) in [5.74, 6) is -2.31. The molecule has 1 unspecified atom stereocenters. The summed E-state index contributed by atoms with van der Waals surface area (Å²) in [6.45, 7) is -1.51. The summed E-state index contributed by atoms with van der Waals surface area (Å²) in [4.78, 5) is 35.4. The van der Waals surface area contributed by atoms with Crippen molar-refractivity contribution < 1.29 is 43.6 Å². The lowest BCUT2D eigenvalue weighted by molar-refractivity contribution is -0.155. The van der Waals surface area contributed by atoms with Crippen LogP contribution in [0.5, 0.6) is 0 Å². The molecule has 2 rings (SSSR count). The second-order valence-corrected chi connectivity index (χ2v) is 5.33. The molecule has 0 spiro atoms. The molecule has 10 nitrogen and oxygen atoms in total. The summed E-state index contributed by atoms with van der Waals surface area (Å²) in [6, 6.07) is -1.05. The number of hydrogen-bond acceptors (Lipinski definition) is 8. The van der Waals surface area contributed by atoms with Gasteiger partial charge in [0.15, 0.2) is 6.23 Å². The molecule has 11 heteroatoms. The SMILES string of the molecule is COC(=O)CC1(F)CN([C@@H]2O[C@H](CO)[C@@H](O)[C@H]2O)C(=O)NC1=O. The third kappa shape index (κ3) is 3.13. The van der Waals surface area contributed by atoms with Crippen molar-refractivity contribution in [2.24, 2.45) is 0 Å². The number of hydrogen-bond donors (Lipinski definition) is 4. The Morgan fingerprint density at radius 2 is 2.13 bits per heavy atom. The van der Waals surface area contributed by atoms with Crippen molar-refractivity contribution in [1.82, 2.24) is 10.2 Å². The molecule has 0 radical (unpaired) electrons. The van der Waals surface area contributed by atoms with Gasteiger partial charge < -0.3 is 24.8 Å². The molecule has 4 N–H and O–H groups in total. The van der Waals surface area contributed by atoms with Crippen molar-refractivity contribution in [3.63, 3.8) is 0 Å². The van der Waals surface area contributed by atoms with E-state index in [4.69, 9.17) is 9.84 Å². The van der Waals surface area contributed by atoms with Crippen LogP contribution >= 0.6 is 0 Å². The Morgan fingerprint density at radius 1 is 1.48 bits per heavy atom. The molecule has 5 atom stereocenters. The normalized spacial score (nSPS) is 37.7. The van der Waals surface area contributed by atoms with Crippen LogP contribution in [0.15, 0.2) is 0 Å². The van der Waals surface area contributed by atoms with E-state index in [9.17, 15) is 29.0 Å². The molecule has 130 valence electrons. The predicted molar refractivity (Wildman–Crippen MR) is 68.5 cm³/mol. The zero-order valence-corrected chi connectivity index (χ0v) is 12.1. The summed E-state index contributed by atoms with van der Waals surface area (Å²) in [6.07, 6.45) is -6.70. The van der Waals surface area contributed by atoms with E-state index in [1.165, 1.54) is 0 Å². The Morgan fingerprint density at radius 3 is 2.65 bits per heavy atom. The highest BCUT2D eigenvalue weighted by Crippen LogP contribution is 2.30. The number of nitrogens with one attached hydrogen (secondary N) is 1. The second-order valence-electron chi connectivity index (χ2n) is 5.33. The molecule has 2 aliphatic rings. The van der Waals surface area contributed by atoms with Crippen molar-refractivity contribution in [2.75, 3.05) is 20.3 Å². The smallest absolute Gasteiger partial charge is 0.326 e. The van der Waals surface area contributed by atoms with Crippen LogP contribution in [0.25, 0.3) is 0 Å². The minimum Gasteiger partial charge on any atom is -0.469 e. The zero-order valence-electron chi connectivity index (χ0n) is 12.1. The number of amides is 3. The number of carbonyl (C=O) groups excluding carboxylic acids is 3. The van der Waals surface area contributed by atoms with Crippen LogP contribution in [0.2, 0.25) is 0 Å². The van der Waals surface area contributed by atoms with E-state index in [2.05, 4.69) is 4.74 Å². The number of aliphatic hydroxyl groups excluding tert-OH is 3. The average molecular weight is 336 g/mol. The fraction of sp³-hybridized carbons (Fsp3) is 0.750. The van der Waals surface area contributed by atoms with Crippen LogP contribution in [0.3, 0.4) is 0 Å². The van der Waals surface area contributed by atoms with E-state index in [0.717, 1.165) is 7.11 Å². The van der Waals surface area contributed by atoms with Gasteiger partial charge in [-0.3, -0.25) is 19.8 Å². The third-order valence-corrected chi connectivity index (χ3v) is 3.79. The van der Waals surface area contributed by atoms with Gasteiger partial charge in [0, 0.05) is 0 Å². The summed E-state index contributed by atoms with van der Waals surface area (Å²) in [7, 11) is 1.02. The molecule has 0 saturated carbocycles. The molecular weight excluding hydrogens is 319 g/mol. The first-order chi connectivity index (χ1) is 10.7. The second kappa shape index (κ2) is 6.35. The van der Waals surface area contributed by atoms with Crippen molar-refractivity contribution in [2.45, 2.75) is 36.6 Å². The maximum Gasteiger partial charge on any atom is 0.326 e. The molecule has 0 bridgehead atoms. The Hall–Kier alpha value is -1.82. The maximum absolute atomic E-state index is 14.7. The van der Waals surface area contributed by atoms with Crippen LogP contribution in [0.1, 0.15) is 6.42 Å². The molecule has 0 aromatic heterocycles. The van der Waals surface area contributed by atoms with Crippen LogP contribution in [-0.4, -0.2) is 88.6 Å². The molecular formula is C12H17FN2O8. The third-order valence-electron chi connectivity index (χ3n) is 3.79. The van der Waals surface area contributed by atoms with E-state index >= 15 is 0 Å². The Balaban J connectivity index is 2.20. The van der Waals surface area contributed by atoms with Crippen molar-refractivity contribution in [3.8, 4) is 0 Å². The monoisotopic (exact) mass is 336 g/mol. The predicted octanol–water partition coefficient (Wildman–Crippen LogP) is -2.75. The van der Waals surface area contributed by atoms with Gasteiger partial charge in [-0.15, -0.1) is 0 Å². The van der Waals surface area contributed by atoms with Crippen molar-refractivity contribution in [3.05, 3.63) is 0 Å². The molecule has 0 aliphatic carbocycles. The molecule has 23 heavy (non-hydrogen) atoms. The van der Waals surface area contributed by atoms with E-state index in [0.29, 0.717) is 4.90 Å². The number of methoxy groups -OCH3 is 1. The molecule has 0 aromatic carbocycles. The first-order valence-corrected chi connectivity index (χ1v) is 6.73. The molecule has 3 amide bonds. The van der Waals surface area contributed by atoms with Crippen molar-refractivity contribution in [1.29, 1.82) is 0 Å². The zero-order chi connectivity index (χ0) is 17.4. The van der Waals surface area contributed by atoms with Gasteiger partial charge in [0.05, 0.1) is 26.7 Å². The highest BCUT2D eigenvalue weighted by atomic mass is 19.1. The van der Waals surface area contributed by atoms with Gasteiger partial charge in [-0.25, -0.2) is 9.18 Å². The summed E-state index contributed by atoms with van der Waals surface area (Å²) in [5, 5.41) is 30.3. The van der Waals surface area contributed by atoms with Crippen LogP contribution in [0, 0.1) is 0 Å².